The van der Waals surface area contributed by atoms with Crippen LogP contribution < -0.4 is 0 Å². The summed E-state index contributed by atoms with van der Waals surface area (Å²) in [6, 6.07) is -0.499. The van der Waals surface area contributed by atoms with Crippen molar-refractivity contribution in [2.45, 2.75) is 38.3 Å². The molecule has 2 fully saturated rings. The SMILES string of the molecule is COC(=O)C1CC(O)CN1CC(=O)N1CCCC(C)C1. The number of amides is 1. The second kappa shape index (κ2) is 6.54. The first-order valence-corrected chi connectivity index (χ1v) is 7.29. The molecule has 2 rings (SSSR count). The van der Waals surface area contributed by atoms with Gasteiger partial charge in [-0.2, -0.15) is 0 Å². The van der Waals surface area contributed by atoms with Gasteiger partial charge in [-0.05, 0) is 18.8 Å². The Morgan fingerprint density at radius 2 is 2.10 bits per heavy atom. The van der Waals surface area contributed by atoms with Crippen LogP contribution in [0.1, 0.15) is 26.2 Å². The van der Waals surface area contributed by atoms with Gasteiger partial charge in [0.2, 0.25) is 5.91 Å². The van der Waals surface area contributed by atoms with Crippen molar-refractivity contribution in [1.29, 1.82) is 0 Å². The van der Waals surface area contributed by atoms with Crippen molar-refractivity contribution in [3.63, 3.8) is 0 Å². The summed E-state index contributed by atoms with van der Waals surface area (Å²) in [6.07, 6.45) is 1.98. The average molecular weight is 284 g/mol. The molecule has 114 valence electrons. The summed E-state index contributed by atoms with van der Waals surface area (Å²) in [4.78, 5) is 27.6. The molecule has 0 radical (unpaired) electrons. The van der Waals surface area contributed by atoms with Crippen LogP contribution in [0.3, 0.4) is 0 Å². The van der Waals surface area contributed by atoms with Crippen molar-refractivity contribution in [2.24, 2.45) is 5.92 Å². The van der Waals surface area contributed by atoms with Crippen LogP contribution in [0, 0.1) is 5.92 Å². The van der Waals surface area contributed by atoms with Crippen LogP contribution in [-0.2, 0) is 14.3 Å². The maximum atomic E-state index is 12.3. The zero-order valence-electron chi connectivity index (χ0n) is 12.2. The first kappa shape index (κ1) is 15.3. The number of rotatable bonds is 3. The molecule has 2 heterocycles. The highest BCUT2D eigenvalue weighted by atomic mass is 16.5. The highest BCUT2D eigenvalue weighted by Gasteiger charge is 2.38. The van der Waals surface area contributed by atoms with Gasteiger partial charge in [-0.3, -0.25) is 14.5 Å². The van der Waals surface area contributed by atoms with Crippen molar-refractivity contribution in [1.82, 2.24) is 9.80 Å². The minimum atomic E-state index is -0.563. The number of ether oxygens (including phenoxy) is 1. The van der Waals surface area contributed by atoms with E-state index in [0.717, 1.165) is 25.9 Å². The number of likely N-dealkylation sites (tertiary alicyclic amines) is 2. The maximum absolute atomic E-state index is 12.3. The lowest BCUT2D eigenvalue weighted by atomic mass is 10.0. The van der Waals surface area contributed by atoms with E-state index in [1.54, 1.807) is 4.90 Å². The summed E-state index contributed by atoms with van der Waals surface area (Å²) in [5.74, 6) is 0.203. The van der Waals surface area contributed by atoms with E-state index in [1.807, 2.05) is 4.90 Å². The van der Waals surface area contributed by atoms with Gasteiger partial charge in [-0.15, -0.1) is 0 Å². The number of carbonyl (C=O) groups excluding carboxylic acids is 2. The molecule has 0 saturated carbocycles. The predicted molar refractivity (Wildman–Crippen MR) is 73.0 cm³/mol. The van der Waals surface area contributed by atoms with Crippen molar-refractivity contribution >= 4 is 11.9 Å². The number of β-amino-alcohol motifs (C(OH)–C–C–N with tert-alkyl or cyclic N) is 1. The van der Waals surface area contributed by atoms with Crippen LogP contribution in [0.4, 0.5) is 0 Å². The molecule has 0 spiro atoms. The molecule has 0 aliphatic carbocycles. The van der Waals surface area contributed by atoms with Gasteiger partial charge >= 0.3 is 5.97 Å². The van der Waals surface area contributed by atoms with Crippen LogP contribution in [0.2, 0.25) is 0 Å². The van der Waals surface area contributed by atoms with Gasteiger partial charge in [0.15, 0.2) is 0 Å². The van der Waals surface area contributed by atoms with Crippen molar-refractivity contribution in [3.8, 4) is 0 Å². The van der Waals surface area contributed by atoms with Gasteiger partial charge in [0.25, 0.3) is 0 Å². The predicted octanol–water partition coefficient (Wildman–Crippen LogP) is -0.147. The van der Waals surface area contributed by atoms with Crippen LogP contribution in [0.5, 0.6) is 0 Å². The molecule has 2 aliphatic rings. The largest absolute Gasteiger partial charge is 0.468 e. The maximum Gasteiger partial charge on any atom is 0.323 e. The lowest BCUT2D eigenvalue weighted by Crippen LogP contribution is -2.47. The molecule has 0 aromatic rings. The molecule has 0 aromatic carbocycles. The molecule has 6 heteroatoms. The fourth-order valence-corrected chi connectivity index (χ4v) is 3.12. The van der Waals surface area contributed by atoms with Crippen molar-refractivity contribution in [3.05, 3.63) is 0 Å². The molecule has 1 amide bonds. The molecule has 2 aliphatic heterocycles. The van der Waals surface area contributed by atoms with Crippen LogP contribution >= 0.6 is 0 Å². The quantitative estimate of drug-likeness (QED) is 0.730. The minimum Gasteiger partial charge on any atom is -0.468 e. The van der Waals surface area contributed by atoms with Gasteiger partial charge in [0.05, 0.1) is 19.8 Å². The van der Waals surface area contributed by atoms with E-state index in [-0.39, 0.29) is 18.4 Å². The molecule has 0 bridgehead atoms. The molecule has 3 unspecified atom stereocenters. The summed E-state index contributed by atoms with van der Waals surface area (Å²) in [5, 5.41) is 9.71. The number of aliphatic hydroxyl groups is 1. The number of esters is 1. The fourth-order valence-electron chi connectivity index (χ4n) is 3.12. The van der Waals surface area contributed by atoms with E-state index >= 15 is 0 Å². The topological polar surface area (TPSA) is 70.1 Å². The van der Waals surface area contributed by atoms with Gasteiger partial charge in [0.1, 0.15) is 6.04 Å². The Bertz CT molecular complexity index is 374. The number of aliphatic hydroxyl groups excluding tert-OH is 1. The zero-order valence-corrected chi connectivity index (χ0v) is 12.2. The zero-order chi connectivity index (χ0) is 14.7. The average Bonchev–Trinajstić information content (AvgIpc) is 2.78. The normalized spacial score (nSPS) is 31.4. The van der Waals surface area contributed by atoms with E-state index in [2.05, 4.69) is 6.92 Å². The lowest BCUT2D eigenvalue weighted by molar-refractivity contribution is -0.147. The summed E-state index contributed by atoms with van der Waals surface area (Å²) in [6.45, 7) is 4.27. The smallest absolute Gasteiger partial charge is 0.323 e. The molecule has 6 nitrogen and oxygen atoms in total. The highest BCUT2D eigenvalue weighted by molar-refractivity contribution is 5.81. The monoisotopic (exact) mass is 284 g/mol. The Morgan fingerprint density at radius 1 is 1.35 bits per heavy atom. The number of hydrogen-bond acceptors (Lipinski definition) is 5. The van der Waals surface area contributed by atoms with E-state index in [1.165, 1.54) is 7.11 Å². The van der Waals surface area contributed by atoms with Crippen molar-refractivity contribution < 1.29 is 19.4 Å². The Labute approximate surface area is 119 Å². The number of piperidine rings is 1. The van der Waals surface area contributed by atoms with E-state index in [9.17, 15) is 14.7 Å². The number of hydrogen-bond donors (Lipinski definition) is 1. The molecule has 3 atom stereocenters. The molecule has 2 saturated heterocycles. The standard InChI is InChI=1S/C14H24N2O4/c1-10-4-3-5-15(7-10)13(18)9-16-8-11(17)6-12(16)14(19)20-2/h10-12,17H,3-9H2,1-2H3. The second-order valence-electron chi connectivity index (χ2n) is 5.95. The Balaban J connectivity index is 1.93. The van der Waals surface area contributed by atoms with Gasteiger partial charge in [-0.1, -0.05) is 6.92 Å². The summed E-state index contributed by atoms with van der Waals surface area (Å²) >= 11 is 0. The van der Waals surface area contributed by atoms with Gasteiger partial charge in [0, 0.05) is 26.1 Å². The Kier molecular flexibility index (Phi) is 4.99. The van der Waals surface area contributed by atoms with E-state index in [0.29, 0.717) is 18.9 Å². The van der Waals surface area contributed by atoms with Crippen LogP contribution in [0.15, 0.2) is 0 Å². The van der Waals surface area contributed by atoms with E-state index < -0.39 is 12.1 Å². The fraction of sp³-hybridized carbons (Fsp3) is 0.857. The second-order valence-corrected chi connectivity index (χ2v) is 5.95. The number of nitrogens with zero attached hydrogens (tertiary/aromatic N) is 2. The summed E-state index contributed by atoms with van der Waals surface area (Å²) in [5.41, 5.74) is 0. The molecule has 1 N–H and O–H groups in total. The van der Waals surface area contributed by atoms with E-state index in [4.69, 9.17) is 4.74 Å². The minimum absolute atomic E-state index is 0.0413. The van der Waals surface area contributed by atoms with Gasteiger partial charge in [-0.25, -0.2) is 0 Å². The Morgan fingerprint density at radius 3 is 2.75 bits per heavy atom. The first-order chi connectivity index (χ1) is 9.51. The van der Waals surface area contributed by atoms with Crippen molar-refractivity contribution in [2.75, 3.05) is 33.3 Å². The van der Waals surface area contributed by atoms with Gasteiger partial charge < -0.3 is 14.7 Å². The third-order valence-corrected chi connectivity index (χ3v) is 4.20. The first-order valence-electron chi connectivity index (χ1n) is 7.29. The van der Waals surface area contributed by atoms with Crippen LogP contribution in [-0.4, -0.2) is 72.2 Å². The third kappa shape index (κ3) is 3.49. The summed E-state index contributed by atoms with van der Waals surface area (Å²) < 4.78 is 4.74. The third-order valence-electron chi connectivity index (χ3n) is 4.20. The number of methoxy groups -OCH3 is 1. The Hall–Kier alpha value is -1.14. The molecular weight excluding hydrogens is 260 g/mol. The molecule has 20 heavy (non-hydrogen) atoms. The molecular formula is C14H24N2O4. The van der Waals surface area contributed by atoms with Crippen LogP contribution in [0.25, 0.3) is 0 Å². The lowest BCUT2D eigenvalue weighted by Gasteiger charge is -2.33. The highest BCUT2D eigenvalue weighted by Crippen LogP contribution is 2.20. The molecule has 0 aromatic heterocycles. The number of carbonyl (C=O) groups is 2. The summed E-state index contributed by atoms with van der Waals surface area (Å²) in [7, 11) is 1.33.